The van der Waals surface area contributed by atoms with Crippen LogP contribution >= 0.6 is 0 Å². The summed E-state index contributed by atoms with van der Waals surface area (Å²) in [5.74, 6) is -1.51. The third kappa shape index (κ3) is 25.7. The lowest BCUT2D eigenvalue weighted by atomic mass is 10.2. The number of aliphatic carboxylic acids is 1. The SMILES string of the molecule is CC(C)(C)[Si](C)(C)OCCOCCOCCOCCOCCOCCOCCOCCNC(=O)COCC(=O)O. The van der Waals surface area contributed by atoms with Crippen molar-refractivity contribution in [1.82, 2.24) is 5.32 Å². The zero-order valence-corrected chi connectivity index (χ0v) is 26.2. The van der Waals surface area contributed by atoms with E-state index in [1.54, 1.807) is 0 Å². The average molecular weight is 600 g/mol. The van der Waals surface area contributed by atoms with Crippen molar-refractivity contribution in [3.05, 3.63) is 0 Å². The molecule has 0 unspecified atom stereocenters. The second-order valence-corrected chi connectivity index (χ2v) is 14.9. The number of amides is 1. The van der Waals surface area contributed by atoms with Gasteiger partial charge in [0, 0.05) is 6.54 Å². The molecule has 0 radical (unpaired) electrons. The van der Waals surface area contributed by atoms with Crippen LogP contribution in [0.15, 0.2) is 0 Å². The van der Waals surface area contributed by atoms with Gasteiger partial charge in [-0.2, -0.15) is 0 Å². The van der Waals surface area contributed by atoms with Gasteiger partial charge in [-0.15, -0.1) is 0 Å². The monoisotopic (exact) mass is 599 g/mol. The summed E-state index contributed by atoms with van der Waals surface area (Å²) in [5.41, 5.74) is 0. The summed E-state index contributed by atoms with van der Waals surface area (Å²) in [6.45, 7) is 17.9. The standard InChI is InChI=1S/C26H53NO12Si/c1-26(2,3)40(4,5)39-21-20-37-19-18-36-17-16-35-15-14-34-13-12-33-11-10-32-9-8-31-7-6-27-24(28)22-38-23-25(29)30/h6-23H2,1-5H3,(H,27,28)(H,29,30). The number of carbonyl (C=O) groups is 2. The van der Waals surface area contributed by atoms with Gasteiger partial charge in [0.25, 0.3) is 0 Å². The Morgan fingerprint density at radius 3 is 1.27 bits per heavy atom. The molecule has 0 aliphatic heterocycles. The summed E-state index contributed by atoms with van der Waals surface area (Å²) in [4.78, 5) is 21.6. The molecule has 0 spiro atoms. The molecular weight excluding hydrogens is 546 g/mol. The second-order valence-electron chi connectivity index (χ2n) is 10.1. The van der Waals surface area contributed by atoms with Gasteiger partial charge >= 0.3 is 5.97 Å². The lowest BCUT2D eigenvalue weighted by Gasteiger charge is -2.36. The summed E-state index contributed by atoms with van der Waals surface area (Å²) in [5, 5.41) is 11.2. The van der Waals surface area contributed by atoms with Crippen molar-refractivity contribution in [2.75, 3.05) is 119 Å². The van der Waals surface area contributed by atoms with Crippen LogP contribution < -0.4 is 5.32 Å². The fourth-order valence-electron chi connectivity index (χ4n) is 2.54. The lowest BCUT2D eigenvalue weighted by Crippen LogP contribution is -2.41. The maximum atomic E-state index is 11.3. The summed E-state index contributed by atoms with van der Waals surface area (Å²) >= 11 is 0. The largest absolute Gasteiger partial charge is 0.480 e. The Kier molecular flexibility index (Phi) is 24.7. The van der Waals surface area contributed by atoms with Crippen molar-refractivity contribution >= 4 is 20.2 Å². The summed E-state index contributed by atoms with van der Waals surface area (Å²) in [6.07, 6.45) is 0. The molecule has 0 aromatic rings. The van der Waals surface area contributed by atoms with Crippen molar-refractivity contribution in [2.45, 2.75) is 38.9 Å². The topological polar surface area (TPSA) is 149 Å². The van der Waals surface area contributed by atoms with Gasteiger partial charge in [-0.25, -0.2) is 4.79 Å². The number of nitrogens with one attached hydrogen (secondary N) is 1. The molecule has 1 amide bonds. The Bertz CT molecular complexity index is 619. The van der Waals surface area contributed by atoms with Gasteiger partial charge in [0.1, 0.15) is 13.2 Å². The minimum atomic E-state index is -1.70. The van der Waals surface area contributed by atoms with Crippen molar-refractivity contribution in [3.8, 4) is 0 Å². The predicted octanol–water partition coefficient (Wildman–Crippen LogP) is 1.34. The molecule has 238 valence electrons. The van der Waals surface area contributed by atoms with Crippen molar-refractivity contribution < 1.29 is 57.0 Å². The van der Waals surface area contributed by atoms with Gasteiger partial charge in [0.05, 0.1) is 99.1 Å². The first kappa shape index (κ1) is 38.8. The third-order valence-corrected chi connectivity index (χ3v) is 10.3. The van der Waals surface area contributed by atoms with E-state index in [4.69, 9.17) is 42.7 Å². The van der Waals surface area contributed by atoms with Crippen LogP contribution in [0.2, 0.25) is 18.1 Å². The van der Waals surface area contributed by atoms with Crippen molar-refractivity contribution in [1.29, 1.82) is 0 Å². The molecule has 0 atom stereocenters. The van der Waals surface area contributed by atoms with E-state index in [1.165, 1.54) is 0 Å². The highest BCUT2D eigenvalue weighted by Crippen LogP contribution is 2.36. The fourth-order valence-corrected chi connectivity index (χ4v) is 3.57. The van der Waals surface area contributed by atoms with Crippen LogP contribution in [0.25, 0.3) is 0 Å². The molecule has 14 heteroatoms. The minimum absolute atomic E-state index is 0.209. The molecule has 40 heavy (non-hydrogen) atoms. The van der Waals surface area contributed by atoms with Crippen LogP contribution in [0.3, 0.4) is 0 Å². The number of ether oxygens (including phenoxy) is 8. The Morgan fingerprint density at radius 1 is 0.575 bits per heavy atom. The second kappa shape index (κ2) is 25.5. The van der Waals surface area contributed by atoms with Crippen LogP contribution in [0, 0.1) is 0 Å². The number of carboxylic acids is 1. The highest BCUT2D eigenvalue weighted by molar-refractivity contribution is 6.74. The van der Waals surface area contributed by atoms with Gasteiger partial charge < -0.3 is 52.7 Å². The van der Waals surface area contributed by atoms with E-state index in [1.807, 2.05) is 0 Å². The molecule has 13 nitrogen and oxygen atoms in total. The van der Waals surface area contributed by atoms with Crippen molar-refractivity contribution in [3.63, 3.8) is 0 Å². The van der Waals surface area contributed by atoms with Gasteiger partial charge in [-0.1, -0.05) is 20.8 Å². The smallest absolute Gasteiger partial charge is 0.329 e. The van der Waals surface area contributed by atoms with E-state index in [2.05, 4.69) is 43.9 Å². The molecule has 0 saturated carbocycles. The quantitative estimate of drug-likeness (QED) is 0.0944. The van der Waals surface area contributed by atoms with Gasteiger partial charge in [-0.05, 0) is 18.1 Å². The molecular formula is C26H53NO12Si. The van der Waals surface area contributed by atoms with Gasteiger partial charge in [0.15, 0.2) is 8.32 Å². The third-order valence-electron chi connectivity index (χ3n) is 5.76. The molecule has 0 aliphatic rings. The van der Waals surface area contributed by atoms with E-state index < -0.39 is 26.8 Å². The van der Waals surface area contributed by atoms with Crippen LogP contribution in [0.1, 0.15) is 20.8 Å². The van der Waals surface area contributed by atoms with Crippen LogP contribution in [0.5, 0.6) is 0 Å². The molecule has 0 aromatic carbocycles. The maximum absolute atomic E-state index is 11.3. The normalized spacial score (nSPS) is 12.1. The first-order valence-corrected chi connectivity index (χ1v) is 16.7. The van der Waals surface area contributed by atoms with Crippen LogP contribution in [0.4, 0.5) is 0 Å². The fraction of sp³-hybridized carbons (Fsp3) is 0.923. The molecule has 0 heterocycles. The highest BCUT2D eigenvalue weighted by Gasteiger charge is 2.36. The Hall–Kier alpha value is -1.20. The molecule has 0 bridgehead atoms. The number of carboxylic acid groups (broad SMARTS) is 1. The molecule has 2 N–H and O–H groups in total. The lowest BCUT2D eigenvalue weighted by molar-refractivity contribution is -0.143. The molecule has 0 saturated heterocycles. The maximum Gasteiger partial charge on any atom is 0.329 e. The Balaban J connectivity index is 3.20. The van der Waals surface area contributed by atoms with Crippen LogP contribution in [-0.2, 0) is 51.9 Å². The zero-order chi connectivity index (χ0) is 30.0. The highest BCUT2D eigenvalue weighted by atomic mass is 28.4. The first-order chi connectivity index (χ1) is 19.1. The molecule has 0 fully saturated rings. The van der Waals surface area contributed by atoms with Gasteiger partial charge in [0.2, 0.25) is 5.91 Å². The van der Waals surface area contributed by atoms with E-state index in [9.17, 15) is 9.59 Å². The van der Waals surface area contributed by atoms with E-state index in [-0.39, 0.29) is 11.6 Å². The van der Waals surface area contributed by atoms with E-state index in [0.717, 1.165) is 0 Å². The summed E-state index contributed by atoms with van der Waals surface area (Å²) in [6, 6.07) is 0. The number of carbonyl (C=O) groups excluding carboxylic acids is 1. The van der Waals surface area contributed by atoms with Crippen LogP contribution in [-0.4, -0.2) is 144 Å². The number of hydrogen-bond donors (Lipinski definition) is 2. The predicted molar refractivity (Wildman–Crippen MR) is 150 cm³/mol. The Morgan fingerprint density at radius 2 is 0.925 bits per heavy atom. The summed E-state index contributed by atoms with van der Waals surface area (Å²) < 4.78 is 48.8. The average Bonchev–Trinajstić information content (AvgIpc) is 2.87. The number of hydrogen-bond acceptors (Lipinski definition) is 11. The summed E-state index contributed by atoms with van der Waals surface area (Å²) in [7, 11) is -1.70. The molecule has 0 rings (SSSR count). The molecule has 0 aliphatic carbocycles. The van der Waals surface area contributed by atoms with Gasteiger partial charge in [-0.3, -0.25) is 4.79 Å². The van der Waals surface area contributed by atoms with Crippen molar-refractivity contribution in [2.24, 2.45) is 0 Å². The first-order valence-electron chi connectivity index (χ1n) is 13.8. The zero-order valence-electron chi connectivity index (χ0n) is 25.2. The van der Waals surface area contributed by atoms with E-state index >= 15 is 0 Å². The van der Waals surface area contributed by atoms with E-state index in [0.29, 0.717) is 106 Å². The minimum Gasteiger partial charge on any atom is -0.480 e. The molecule has 0 aromatic heterocycles. The Labute approximate surface area is 240 Å². The number of rotatable bonds is 29.